The number of hydrogen-bond acceptors (Lipinski definition) is 3. The Morgan fingerprint density at radius 1 is 1.62 bits per heavy atom. The van der Waals surface area contributed by atoms with E-state index in [1.165, 1.54) is 0 Å². The minimum atomic E-state index is -0.400. The number of nitrogens with one attached hydrogen (secondary N) is 1. The molecule has 0 saturated carbocycles. The summed E-state index contributed by atoms with van der Waals surface area (Å²) in [6.45, 7) is 0. The molecule has 13 heavy (non-hydrogen) atoms. The van der Waals surface area contributed by atoms with Gasteiger partial charge >= 0.3 is 0 Å². The van der Waals surface area contributed by atoms with Gasteiger partial charge in [0.05, 0.1) is 11.7 Å². The van der Waals surface area contributed by atoms with Crippen LogP contribution in [0.25, 0.3) is 0 Å². The van der Waals surface area contributed by atoms with E-state index in [-0.39, 0.29) is 5.78 Å². The SMILES string of the molecule is NC1CCc2[nH]c(C=O)cc2C1=O. The van der Waals surface area contributed by atoms with Crippen molar-refractivity contribution in [2.24, 2.45) is 5.73 Å². The molecule has 0 radical (unpaired) electrons. The standard InChI is InChI=1S/C9H10N2O2/c10-7-1-2-8-6(9(7)13)3-5(4-12)11-8/h3-4,7,11H,1-2,10H2. The second-order valence-corrected chi connectivity index (χ2v) is 3.24. The third kappa shape index (κ3) is 1.19. The Hall–Kier alpha value is -1.42. The number of aromatic amines is 1. The summed E-state index contributed by atoms with van der Waals surface area (Å²) in [5.74, 6) is -0.0643. The molecule has 0 saturated heterocycles. The van der Waals surface area contributed by atoms with E-state index in [1.54, 1.807) is 6.07 Å². The molecular formula is C9H10N2O2. The van der Waals surface area contributed by atoms with Gasteiger partial charge in [-0.05, 0) is 18.9 Å². The third-order valence-electron chi connectivity index (χ3n) is 2.35. The van der Waals surface area contributed by atoms with Crippen molar-refractivity contribution in [3.8, 4) is 0 Å². The number of nitrogens with two attached hydrogens (primary N) is 1. The lowest BCUT2D eigenvalue weighted by Crippen LogP contribution is -2.34. The average Bonchev–Trinajstić information content (AvgIpc) is 2.55. The second-order valence-electron chi connectivity index (χ2n) is 3.24. The first-order valence-corrected chi connectivity index (χ1v) is 4.19. The molecule has 4 heteroatoms. The number of aromatic nitrogens is 1. The van der Waals surface area contributed by atoms with Gasteiger partial charge in [0.15, 0.2) is 12.1 Å². The van der Waals surface area contributed by atoms with Crippen molar-refractivity contribution >= 4 is 12.1 Å². The molecule has 1 heterocycles. The molecule has 1 aliphatic carbocycles. The molecular weight excluding hydrogens is 168 g/mol. The van der Waals surface area contributed by atoms with Gasteiger partial charge in [-0.2, -0.15) is 0 Å². The molecule has 1 atom stereocenters. The molecule has 0 amide bonds. The number of carbonyl (C=O) groups excluding carboxylic acids is 2. The van der Waals surface area contributed by atoms with Crippen molar-refractivity contribution in [2.75, 3.05) is 0 Å². The third-order valence-corrected chi connectivity index (χ3v) is 2.35. The topological polar surface area (TPSA) is 76.0 Å². The highest BCUT2D eigenvalue weighted by Gasteiger charge is 2.25. The van der Waals surface area contributed by atoms with Gasteiger partial charge in [0.2, 0.25) is 0 Å². The van der Waals surface area contributed by atoms with Crippen LogP contribution in [-0.2, 0) is 6.42 Å². The molecule has 0 fully saturated rings. The lowest BCUT2D eigenvalue weighted by molar-refractivity contribution is 0.0948. The van der Waals surface area contributed by atoms with E-state index < -0.39 is 6.04 Å². The molecule has 0 aromatic carbocycles. The number of Topliss-reactive ketones (excluding diaryl/α,β-unsaturated/α-hetero) is 1. The van der Waals surface area contributed by atoms with Gasteiger partial charge in [-0.25, -0.2) is 0 Å². The normalized spacial score (nSPS) is 21.3. The number of rotatable bonds is 1. The Labute approximate surface area is 75.1 Å². The van der Waals surface area contributed by atoms with Crippen molar-refractivity contribution < 1.29 is 9.59 Å². The van der Waals surface area contributed by atoms with E-state index in [4.69, 9.17) is 5.73 Å². The fourth-order valence-corrected chi connectivity index (χ4v) is 1.63. The molecule has 0 aliphatic heterocycles. The molecule has 0 bridgehead atoms. The molecule has 1 unspecified atom stereocenters. The zero-order valence-electron chi connectivity index (χ0n) is 7.04. The van der Waals surface area contributed by atoms with Crippen LogP contribution in [0.3, 0.4) is 0 Å². The fraction of sp³-hybridized carbons (Fsp3) is 0.333. The minimum absolute atomic E-state index is 0.0643. The van der Waals surface area contributed by atoms with E-state index in [0.717, 1.165) is 12.1 Å². The summed E-state index contributed by atoms with van der Waals surface area (Å²) in [7, 11) is 0. The van der Waals surface area contributed by atoms with Gasteiger partial charge in [-0.3, -0.25) is 9.59 Å². The monoisotopic (exact) mass is 178 g/mol. The van der Waals surface area contributed by atoms with Crippen LogP contribution in [0.15, 0.2) is 6.07 Å². The van der Waals surface area contributed by atoms with E-state index in [2.05, 4.69) is 4.98 Å². The Morgan fingerprint density at radius 3 is 3.08 bits per heavy atom. The summed E-state index contributed by atoms with van der Waals surface area (Å²) in [4.78, 5) is 24.8. The van der Waals surface area contributed by atoms with Crippen LogP contribution in [0.1, 0.15) is 33.0 Å². The number of aldehydes is 1. The Bertz CT molecular complexity index is 368. The molecule has 0 spiro atoms. The first-order chi connectivity index (χ1) is 6.22. The maximum Gasteiger partial charge on any atom is 0.181 e. The van der Waals surface area contributed by atoms with Crippen molar-refractivity contribution in [1.29, 1.82) is 0 Å². The predicted molar refractivity (Wildman–Crippen MR) is 46.8 cm³/mol. The lowest BCUT2D eigenvalue weighted by atomic mass is 9.93. The molecule has 3 N–H and O–H groups in total. The second kappa shape index (κ2) is 2.81. The summed E-state index contributed by atoms with van der Waals surface area (Å²) >= 11 is 0. The first kappa shape index (κ1) is 8.19. The highest BCUT2D eigenvalue weighted by atomic mass is 16.1. The Kier molecular flexibility index (Phi) is 1.77. The number of fused-ring (bicyclic) bond motifs is 1. The quantitative estimate of drug-likeness (QED) is 0.606. The van der Waals surface area contributed by atoms with Crippen LogP contribution in [0.5, 0.6) is 0 Å². The largest absolute Gasteiger partial charge is 0.356 e. The van der Waals surface area contributed by atoms with E-state index >= 15 is 0 Å². The van der Waals surface area contributed by atoms with Gasteiger partial charge < -0.3 is 10.7 Å². The molecule has 68 valence electrons. The van der Waals surface area contributed by atoms with Crippen LogP contribution < -0.4 is 5.73 Å². The van der Waals surface area contributed by atoms with Gasteiger partial charge in [-0.1, -0.05) is 0 Å². The molecule has 1 aromatic heterocycles. The maximum atomic E-state index is 11.5. The summed E-state index contributed by atoms with van der Waals surface area (Å²) < 4.78 is 0. The highest BCUT2D eigenvalue weighted by Crippen LogP contribution is 2.20. The van der Waals surface area contributed by atoms with E-state index in [9.17, 15) is 9.59 Å². The summed E-state index contributed by atoms with van der Waals surface area (Å²) in [5, 5.41) is 0. The Morgan fingerprint density at radius 2 is 2.38 bits per heavy atom. The smallest absolute Gasteiger partial charge is 0.181 e. The summed E-state index contributed by atoms with van der Waals surface area (Å²) in [6, 6.07) is 1.17. The number of hydrogen-bond donors (Lipinski definition) is 2. The molecule has 1 aliphatic rings. The number of H-pyrrole nitrogens is 1. The van der Waals surface area contributed by atoms with Crippen molar-refractivity contribution in [2.45, 2.75) is 18.9 Å². The average molecular weight is 178 g/mol. The van der Waals surface area contributed by atoms with Crippen molar-refractivity contribution in [3.63, 3.8) is 0 Å². The maximum absolute atomic E-state index is 11.5. The summed E-state index contributed by atoms with van der Waals surface area (Å²) in [5.41, 5.74) is 7.47. The zero-order valence-corrected chi connectivity index (χ0v) is 7.04. The molecule has 4 nitrogen and oxygen atoms in total. The van der Waals surface area contributed by atoms with E-state index in [1.807, 2.05) is 0 Å². The highest BCUT2D eigenvalue weighted by molar-refractivity contribution is 6.03. The predicted octanol–water partition coefficient (Wildman–Crippen LogP) is 0.283. The van der Waals surface area contributed by atoms with Crippen molar-refractivity contribution in [1.82, 2.24) is 4.98 Å². The first-order valence-electron chi connectivity index (χ1n) is 4.19. The minimum Gasteiger partial charge on any atom is -0.356 e. The van der Waals surface area contributed by atoms with Crippen LogP contribution in [0.2, 0.25) is 0 Å². The van der Waals surface area contributed by atoms with E-state index in [0.29, 0.717) is 24.0 Å². The molecule has 1 aromatic rings. The van der Waals surface area contributed by atoms with Gasteiger partial charge in [0.25, 0.3) is 0 Å². The number of ketones is 1. The fourth-order valence-electron chi connectivity index (χ4n) is 1.63. The lowest BCUT2D eigenvalue weighted by Gasteiger charge is -2.15. The van der Waals surface area contributed by atoms with Crippen LogP contribution in [-0.4, -0.2) is 23.1 Å². The Balaban J connectivity index is 2.47. The van der Waals surface area contributed by atoms with Crippen LogP contribution >= 0.6 is 0 Å². The number of carbonyl (C=O) groups is 2. The van der Waals surface area contributed by atoms with Gasteiger partial charge in [0, 0.05) is 11.3 Å². The molecule has 2 rings (SSSR count). The van der Waals surface area contributed by atoms with Gasteiger partial charge in [-0.15, -0.1) is 0 Å². The van der Waals surface area contributed by atoms with Crippen molar-refractivity contribution in [3.05, 3.63) is 23.0 Å². The van der Waals surface area contributed by atoms with Crippen LogP contribution in [0, 0.1) is 0 Å². The number of aryl methyl sites for hydroxylation is 1. The zero-order chi connectivity index (χ0) is 9.42. The van der Waals surface area contributed by atoms with Crippen LogP contribution in [0.4, 0.5) is 0 Å². The summed E-state index contributed by atoms with van der Waals surface area (Å²) in [6.07, 6.45) is 2.11. The van der Waals surface area contributed by atoms with Gasteiger partial charge in [0.1, 0.15) is 0 Å².